The quantitative estimate of drug-likeness (QED) is 0.380. The molecule has 0 aliphatic rings. The van der Waals surface area contributed by atoms with Gasteiger partial charge in [0.1, 0.15) is 6.61 Å². The number of carbonyl (C=O) groups is 3. The number of aryl methyl sites for hydroxylation is 1. The molecule has 0 amide bonds. The number of hydrogen-bond acceptors (Lipinski definition) is 5. The molecule has 1 aromatic rings. The van der Waals surface area contributed by atoms with Gasteiger partial charge in [-0.2, -0.15) is 0 Å². The van der Waals surface area contributed by atoms with E-state index < -0.39 is 11.9 Å². The highest BCUT2D eigenvalue weighted by Gasteiger charge is 2.27. The van der Waals surface area contributed by atoms with Crippen molar-refractivity contribution in [2.45, 2.75) is 52.6 Å². The average Bonchev–Trinajstić information content (AvgIpc) is 2.51. The molecule has 1 N–H and O–H groups in total. The zero-order chi connectivity index (χ0) is 18.1. The van der Waals surface area contributed by atoms with Gasteiger partial charge in [-0.25, -0.2) is 0 Å². The van der Waals surface area contributed by atoms with Crippen LogP contribution in [0.3, 0.4) is 0 Å². The Bertz CT molecular complexity index is 583. The van der Waals surface area contributed by atoms with E-state index in [4.69, 9.17) is 9.84 Å². The van der Waals surface area contributed by atoms with Gasteiger partial charge in [0.05, 0.1) is 12.0 Å². The second-order valence-electron chi connectivity index (χ2n) is 6.13. The van der Waals surface area contributed by atoms with Crippen LogP contribution < -0.4 is 0 Å². The van der Waals surface area contributed by atoms with E-state index in [1.165, 1.54) is 6.20 Å². The second kappa shape index (κ2) is 9.93. The molecule has 1 aromatic heterocycles. The summed E-state index contributed by atoms with van der Waals surface area (Å²) in [6.45, 7) is 5.35. The van der Waals surface area contributed by atoms with Crippen molar-refractivity contribution in [3.8, 4) is 0 Å². The maximum Gasteiger partial charge on any atom is 0.303 e. The Morgan fingerprint density at radius 1 is 1.21 bits per heavy atom. The highest BCUT2D eigenvalue weighted by Crippen LogP contribution is 2.18. The van der Waals surface area contributed by atoms with Crippen LogP contribution in [-0.4, -0.2) is 40.3 Å². The molecule has 6 nitrogen and oxygen atoms in total. The number of unbranched alkanes of at least 4 members (excludes halogenated alkanes) is 1. The molecule has 0 aliphatic heterocycles. The van der Waals surface area contributed by atoms with Crippen LogP contribution in [0.2, 0.25) is 0 Å². The third-order valence-corrected chi connectivity index (χ3v) is 3.56. The topological polar surface area (TPSA) is 93.6 Å². The number of carboxylic acid groups (broad SMARTS) is 1. The summed E-state index contributed by atoms with van der Waals surface area (Å²) in [5.41, 5.74) is 1.24. The molecule has 0 saturated heterocycles. The van der Waals surface area contributed by atoms with Crippen LogP contribution >= 0.6 is 0 Å². The largest absolute Gasteiger partial charge is 0.481 e. The molecule has 1 unspecified atom stereocenters. The number of ether oxygens (including phenoxy) is 1. The van der Waals surface area contributed by atoms with Gasteiger partial charge in [0, 0.05) is 24.4 Å². The Balaban J connectivity index is 2.80. The van der Waals surface area contributed by atoms with E-state index >= 15 is 0 Å². The monoisotopic (exact) mass is 335 g/mol. The number of aromatic nitrogens is 1. The first-order valence-electron chi connectivity index (χ1n) is 8.13. The summed E-state index contributed by atoms with van der Waals surface area (Å²) < 4.78 is 5.33. The van der Waals surface area contributed by atoms with E-state index in [0.29, 0.717) is 24.8 Å². The van der Waals surface area contributed by atoms with Gasteiger partial charge in [0.2, 0.25) is 0 Å². The smallest absolute Gasteiger partial charge is 0.303 e. The van der Waals surface area contributed by atoms with Gasteiger partial charge in [-0.3, -0.25) is 19.4 Å². The van der Waals surface area contributed by atoms with Gasteiger partial charge in [-0.1, -0.05) is 6.42 Å². The number of carboxylic acids is 1. The summed E-state index contributed by atoms with van der Waals surface area (Å²) in [6.07, 6.45) is 4.28. The Kier molecular flexibility index (Phi) is 8.26. The Labute approximate surface area is 142 Å². The van der Waals surface area contributed by atoms with Gasteiger partial charge in [-0.15, -0.1) is 0 Å². The minimum atomic E-state index is -0.879. The van der Waals surface area contributed by atoms with Crippen LogP contribution in [0.4, 0.5) is 0 Å². The van der Waals surface area contributed by atoms with Crippen molar-refractivity contribution in [1.29, 1.82) is 0 Å². The molecule has 0 saturated carbocycles. The zero-order valence-corrected chi connectivity index (χ0v) is 14.4. The molecule has 0 spiro atoms. The van der Waals surface area contributed by atoms with E-state index in [1.807, 2.05) is 20.8 Å². The molecule has 0 aromatic carbocycles. The number of Topliss-reactive ketones (excluding diaryl/α,β-unsaturated/α-hetero) is 2. The normalized spacial score (nSPS) is 12.2. The number of rotatable bonds is 11. The second-order valence-corrected chi connectivity index (χ2v) is 6.13. The fraction of sp³-hybridized carbons (Fsp3) is 0.556. The molecule has 0 bridgehead atoms. The van der Waals surface area contributed by atoms with Crippen molar-refractivity contribution < 1.29 is 24.2 Å². The number of carbonyl (C=O) groups excluding carboxylic acids is 2. The summed E-state index contributed by atoms with van der Waals surface area (Å²) in [6, 6.07) is 1.70. The summed E-state index contributed by atoms with van der Waals surface area (Å²) in [7, 11) is 0. The van der Waals surface area contributed by atoms with E-state index in [-0.39, 0.29) is 30.7 Å². The molecule has 0 aliphatic carbocycles. The van der Waals surface area contributed by atoms with Gasteiger partial charge in [0.15, 0.2) is 11.6 Å². The molecule has 1 rings (SSSR count). The van der Waals surface area contributed by atoms with Gasteiger partial charge in [-0.05, 0) is 45.2 Å². The molecule has 6 heteroatoms. The number of pyridine rings is 1. The SMILES string of the molecule is Cc1cncc(C(=O)C(CCCCC(=O)O)C(=O)COC(C)C)c1. The van der Waals surface area contributed by atoms with Crippen LogP contribution in [0.5, 0.6) is 0 Å². The van der Waals surface area contributed by atoms with Crippen molar-refractivity contribution in [2.24, 2.45) is 5.92 Å². The van der Waals surface area contributed by atoms with Crippen molar-refractivity contribution in [3.05, 3.63) is 29.6 Å². The van der Waals surface area contributed by atoms with Crippen molar-refractivity contribution >= 4 is 17.5 Å². The van der Waals surface area contributed by atoms with E-state index in [0.717, 1.165) is 5.56 Å². The predicted octanol–water partition coefficient (Wildman–Crippen LogP) is 2.83. The lowest BCUT2D eigenvalue weighted by Crippen LogP contribution is -2.29. The fourth-order valence-corrected chi connectivity index (χ4v) is 2.30. The van der Waals surface area contributed by atoms with E-state index in [1.54, 1.807) is 12.3 Å². The van der Waals surface area contributed by atoms with Crippen molar-refractivity contribution in [1.82, 2.24) is 4.98 Å². The molecular weight excluding hydrogens is 310 g/mol. The Hall–Kier alpha value is -2.08. The molecule has 132 valence electrons. The minimum Gasteiger partial charge on any atom is -0.481 e. The summed E-state index contributed by atoms with van der Waals surface area (Å²) in [5, 5.41) is 8.69. The summed E-state index contributed by atoms with van der Waals surface area (Å²) >= 11 is 0. The van der Waals surface area contributed by atoms with E-state index in [9.17, 15) is 14.4 Å². The first-order chi connectivity index (χ1) is 11.3. The number of ketones is 2. The maximum atomic E-state index is 12.7. The van der Waals surface area contributed by atoms with Gasteiger partial charge in [0.25, 0.3) is 0 Å². The van der Waals surface area contributed by atoms with E-state index in [2.05, 4.69) is 4.98 Å². The predicted molar refractivity (Wildman–Crippen MR) is 89.0 cm³/mol. The van der Waals surface area contributed by atoms with Crippen LogP contribution in [-0.2, 0) is 14.3 Å². The first-order valence-corrected chi connectivity index (χ1v) is 8.13. The number of nitrogens with zero attached hydrogens (tertiary/aromatic N) is 1. The van der Waals surface area contributed by atoms with Crippen molar-refractivity contribution in [3.63, 3.8) is 0 Å². The zero-order valence-electron chi connectivity index (χ0n) is 14.4. The first kappa shape index (κ1) is 20.0. The molecule has 0 radical (unpaired) electrons. The standard InChI is InChI=1S/C18H25NO5/c1-12(2)24-11-16(20)15(6-4-5-7-17(21)22)18(23)14-8-13(3)9-19-10-14/h8-10,12,15H,4-7,11H2,1-3H3,(H,21,22). The van der Waals surface area contributed by atoms with Crippen LogP contribution in [0.1, 0.15) is 55.5 Å². The van der Waals surface area contributed by atoms with Crippen LogP contribution in [0, 0.1) is 12.8 Å². The molecule has 1 atom stereocenters. The number of hydrogen-bond donors (Lipinski definition) is 1. The van der Waals surface area contributed by atoms with Crippen LogP contribution in [0.15, 0.2) is 18.5 Å². The van der Waals surface area contributed by atoms with Crippen LogP contribution in [0.25, 0.3) is 0 Å². The minimum absolute atomic E-state index is 0.0313. The number of aliphatic carboxylic acids is 1. The molecule has 0 fully saturated rings. The average molecular weight is 335 g/mol. The highest BCUT2D eigenvalue weighted by molar-refractivity contribution is 6.10. The summed E-state index contributed by atoms with van der Waals surface area (Å²) in [5.74, 6) is -2.25. The molecule has 24 heavy (non-hydrogen) atoms. The van der Waals surface area contributed by atoms with Gasteiger partial charge >= 0.3 is 5.97 Å². The third-order valence-electron chi connectivity index (χ3n) is 3.56. The van der Waals surface area contributed by atoms with Crippen molar-refractivity contribution in [2.75, 3.05) is 6.61 Å². The Morgan fingerprint density at radius 2 is 1.92 bits per heavy atom. The fourth-order valence-electron chi connectivity index (χ4n) is 2.30. The van der Waals surface area contributed by atoms with Gasteiger partial charge < -0.3 is 9.84 Å². The lowest BCUT2D eigenvalue weighted by molar-refractivity contribution is -0.137. The molecule has 1 heterocycles. The third kappa shape index (κ3) is 7.00. The highest BCUT2D eigenvalue weighted by atomic mass is 16.5. The summed E-state index contributed by atoms with van der Waals surface area (Å²) in [4.78, 5) is 39.7. The molecular formula is C18H25NO5. The lowest BCUT2D eigenvalue weighted by atomic mass is 9.89. The maximum absolute atomic E-state index is 12.7. The lowest BCUT2D eigenvalue weighted by Gasteiger charge is -2.16. The Morgan fingerprint density at radius 3 is 2.50 bits per heavy atom.